The molecule has 7 nitrogen and oxygen atoms in total. The van der Waals surface area contributed by atoms with Crippen LogP contribution in [0.25, 0.3) is 0 Å². The number of hydrogen-bond acceptors (Lipinski definition) is 5. The van der Waals surface area contributed by atoms with Crippen molar-refractivity contribution in [3.63, 3.8) is 0 Å². The molecule has 0 spiro atoms. The molecule has 1 heterocycles. The molecule has 0 radical (unpaired) electrons. The summed E-state index contributed by atoms with van der Waals surface area (Å²) in [5.41, 5.74) is 0.401. The zero-order valence-electron chi connectivity index (χ0n) is 14.9. The fraction of sp³-hybridized carbons (Fsp3) is 0.500. The van der Waals surface area contributed by atoms with Crippen LogP contribution in [-0.4, -0.2) is 70.1 Å². The molecule has 0 saturated carbocycles. The minimum absolute atomic E-state index is 0.180. The van der Waals surface area contributed by atoms with Crippen LogP contribution in [0.1, 0.15) is 47.9 Å². The van der Waals surface area contributed by atoms with E-state index >= 15 is 0 Å². The van der Waals surface area contributed by atoms with Crippen LogP contribution in [0.5, 0.6) is 0 Å². The molecule has 0 unspecified atom stereocenters. The fourth-order valence-corrected chi connectivity index (χ4v) is 2.65. The normalized spacial score (nSPS) is 14.2. The lowest BCUT2D eigenvalue weighted by molar-refractivity contribution is -0.142. The Morgan fingerprint density at radius 3 is 1.76 bits per heavy atom. The molecule has 1 aliphatic heterocycles. The Kier molecular flexibility index (Phi) is 8.24. The third-order valence-electron chi connectivity index (χ3n) is 4.17. The zero-order chi connectivity index (χ0) is 19.0. The van der Waals surface area contributed by atoms with Gasteiger partial charge in [-0.15, -0.1) is 0 Å². The van der Waals surface area contributed by atoms with Crippen molar-refractivity contribution in [1.82, 2.24) is 9.80 Å². The highest BCUT2D eigenvalue weighted by Crippen LogP contribution is 2.25. The van der Waals surface area contributed by atoms with Gasteiger partial charge in [0.25, 0.3) is 11.8 Å². The Balaban J connectivity index is 0.000000381. The van der Waals surface area contributed by atoms with Gasteiger partial charge < -0.3 is 15.1 Å². The Bertz CT molecular complexity index is 573. The van der Waals surface area contributed by atoms with Crippen molar-refractivity contribution in [2.75, 3.05) is 26.2 Å². The molecule has 1 aromatic carbocycles. The van der Waals surface area contributed by atoms with Crippen molar-refractivity contribution in [3.8, 4) is 0 Å². The van der Waals surface area contributed by atoms with Gasteiger partial charge in [-0.05, 0) is 31.8 Å². The SMILES string of the molecule is CCN(CC)CC.O=C(O)[C@H](CCO)N1C(=O)c2ccccc2C1=O. The Morgan fingerprint density at radius 1 is 1.04 bits per heavy atom. The first-order valence-corrected chi connectivity index (χ1v) is 8.45. The predicted molar refractivity (Wildman–Crippen MR) is 93.5 cm³/mol. The van der Waals surface area contributed by atoms with Gasteiger partial charge in [0.1, 0.15) is 6.04 Å². The molecule has 0 aromatic heterocycles. The van der Waals surface area contributed by atoms with Gasteiger partial charge in [0.05, 0.1) is 11.1 Å². The summed E-state index contributed by atoms with van der Waals surface area (Å²) in [7, 11) is 0. The molecule has 0 aliphatic carbocycles. The van der Waals surface area contributed by atoms with E-state index in [2.05, 4.69) is 25.7 Å². The maximum absolute atomic E-state index is 12.0. The third-order valence-corrected chi connectivity index (χ3v) is 4.17. The first-order chi connectivity index (χ1) is 11.9. The first kappa shape index (κ1) is 20.8. The second kappa shape index (κ2) is 9.90. The standard InChI is InChI=1S/C12H11NO5.C6H15N/c14-6-5-9(12(17)18)13-10(15)7-3-1-2-4-8(7)11(13)16;1-4-7(5-2)6-3/h1-4,9,14H,5-6H2,(H,17,18);4-6H2,1-3H3/t9-;/m0./s1. The maximum atomic E-state index is 12.0. The number of carbonyl (C=O) groups excluding carboxylic acids is 2. The average Bonchev–Trinajstić information content (AvgIpc) is 2.86. The van der Waals surface area contributed by atoms with E-state index < -0.39 is 30.4 Å². The minimum atomic E-state index is -1.33. The number of aliphatic carboxylic acids is 1. The smallest absolute Gasteiger partial charge is 0.327 e. The van der Waals surface area contributed by atoms with Gasteiger partial charge in [0, 0.05) is 13.0 Å². The topological polar surface area (TPSA) is 98.2 Å². The summed E-state index contributed by atoms with van der Waals surface area (Å²) in [4.78, 5) is 38.1. The van der Waals surface area contributed by atoms with Crippen LogP contribution in [0.4, 0.5) is 0 Å². The summed E-state index contributed by atoms with van der Waals surface area (Å²) >= 11 is 0. The Morgan fingerprint density at radius 2 is 1.48 bits per heavy atom. The van der Waals surface area contributed by atoms with Crippen LogP contribution in [0.2, 0.25) is 0 Å². The number of carboxylic acid groups (broad SMARTS) is 1. The largest absolute Gasteiger partial charge is 0.480 e. The highest BCUT2D eigenvalue weighted by atomic mass is 16.4. The summed E-state index contributed by atoms with van der Waals surface area (Å²) in [6, 6.07) is 4.84. The Labute approximate surface area is 147 Å². The number of rotatable bonds is 7. The van der Waals surface area contributed by atoms with Crippen molar-refractivity contribution in [1.29, 1.82) is 0 Å². The molecule has 1 aromatic rings. The molecular weight excluding hydrogens is 324 g/mol. The van der Waals surface area contributed by atoms with Crippen LogP contribution in [0, 0.1) is 0 Å². The molecule has 138 valence electrons. The molecule has 2 rings (SSSR count). The zero-order valence-corrected chi connectivity index (χ0v) is 14.9. The molecule has 0 bridgehead atoms. The minimum Gasteiger partial charge on any atom is -0.480 e. The fourth-order valence-electron chi connectivity index (χ4n) is 2.65. The summed E-state index contributed by atoms with van der Waals surface area (Å²) in [5.74, 6) is -2.56. The summed E-state index contributed by atoms with van der Waals surface area (Å²) in [6.07, 6.45) is -0.180. The van der Waals surface area contributed by atoms with Gasteiger partial charge in [0.15, 0.2) is 0 Å². The maximum Gasteiger partial charge on any atom is 0.327 e. The highest BCUT2D eigenvalue weighted by molar-refractivity contribution is 6.22. The van der Waals surface area contributed by atoms with Crippen molar-refractivity contribution in [3.05, 3.63) is 35.4 Å². The molecule has 2 N–H and O–H groups in total. The van der Waals surface area contributed by atoms with E-state index in [1.165, 1.54) is 31.8 Å². The van der Waals surface area contributed by atoms with E-state index in [9.17, 15) is 14.4 Å². The van der Waals surface area contributed by atoms with Gasteiger partial charge in [-0.2, -0.15) is 0 Å². The monoisotopic (exact) mass is 350 g/mol. The summed E-state index contributed by atoms with van der Waals surface area (Å²) < 4.78 is 0. The van der Waals surface area contributed by atoms with Crippen molar-refractivity contribution < 1.29 is 24.6 Å². The van der Waals surface area contributed by atoms with E-state index in [1.807, 2.05) is 0 Å². The van der Waals surface area contributed by atoms with Gasteiger partial charge in [-0.3, -0.25) is 14.5 Å². The molecule has 0 fully saturated rings. The lowest BCUT2D eigenvalue weighted by Crippen LogP contribution is -2.45. The van der Waals surface area contributed by atoms with Gasteiger partial charge in [-0.1, -0.05) is 32.9 Å². The number of hydrogen-bond donors (Lipinski definition) is 2. The van der Waals surface area contributed by atoms with E-state index in [4.69, 9.17) is 10.2 Å². The van der Waals surface area contributed by atoms with Crippen molar-refractivity contribution >= 4 is 17.8 Å². The van der Waals surface area contributed by atoms with Crippen LogP contribution in [-0.2, 0) is 4.79 Å². The lowest BCUT2D eigenvalue weighted by atomic mass is 10.1. The molecule has 1 aliphatic rings. The van der Waals surface area contributed by atoms with E-state index in [-0.39, 0.29) is 17.5 Å². The van der Waals surface area contributed by atoms with Crippen LogP contribution in [0.3, 0.4) is 0 Å². The van der Waals surface area contributed by atoms with Crippen LogP contribution in [0.15, 0.2) is 24.3 Å². The molecule has 2 amide bonds. The molecular formula is C18H26N2O5. The van der Waals surface area contributed by atoms with Crippen LogP contribution < -0.4 is 0 Å². The number of carbonyl (C=O) groups is 3. The second-order valence-corrected chi connectivity index (χ2v) is 5.51. The number of benzene rings is 1. The van der Waals surface area contributed by atoms with E-state index in [0.29, 0.717) is 4.90 Å². The number of carboxylic acids is 1. The highest BCUT2D eigenvalue weighted by Gasteiger charge is 2.42. The molecule has 1 atom stereocenters. The number of amides is 2. The van der Waals surface area contributed by atoms with E-state index in [1.54, 1.807) is 12.1 Å². The molecule has 25 heavy (non-hydrogen) atoms. The predicted octanol–water partition coefficient (Wildman–Crippen LogP) is 1.47. The average molecular weight is 350 g/mol. The quantitative estimate of drug-likeness (QED) is 0.723. The van der Waals surface area contributed by atoms with Crippen molar-refractivity contribution in [2.24, 2.45) is 0 Å². The number of nitrogens with zero attached hydrogens (tertiary/aromatic N) is 2. The first-order valence-electron chi connectivity index (χ1n) is 8.45. The number of fused-ring (bicyclic) bond motifs is 1. The molecule has 7 heteroatoms. The van der Waals surface area contributed by atoms with Gasteiger partial charge in [0.2, 0.25) is 0 Å². The second-order valence-electron chi connectivity index (χ2n) is 5.51. The Hall–Kier alpha value is -2.25. The van der Waals surface area contributed by atoms with Gasteiger partial charge in [-0.25, -0.2) is 4.79 Å². The number of aliphatic hydroxyl groups is 1. The van der Waals surface area contributed by atoms with Gasteiger partial charge >= 0.3 is 5.97 Å². The van der Waals surface area contributed by atoms with Crippen molar-refractivity contribution in [2.45, 2.75) is 33.2 Å². The summed E-state index contributed by atoms with van der Waals surface area (Å²) in [6.45, 7) is 9.71. The van der Waals surface area contributed by atoms with E-state index in [0.717, 1.165) is 0 Å². The van der Waals surface area contributed by atoms with Crippen LogP contribution >= 0.6 is 0 Å². The third kappa shape index (κ3) is 4.87. The molecule has 0 saturated heterocycles. The number of imide groups is 1. The number of aliphatic hydroxyl groups excluding tert-OH is 1. The lowest BCUT2D eigenvalue weighted by Gasteiger charge is -2.21. The summed E-state index contributed by atoms with van der Waals surface area (Å²) in [5, 5.41) is 17.8.